The Morgan fingerprint density at radius 3 is 2.41 bits per heavy atom. The van der Waals surface area contributed by atoms with Crippen LogP contribution in [0.15, 0.2) is 30.3 Å². The minimum absolute atomic E-state index is 0.111. The minimum atomic E-state index is -0.502. The van der Waals surface area contributed by atoms with Gasteiger partial charge in [-0.05, 0) is 87.0 Å². The minimum Gasteiger partial charge on any atom is -0.465 e. The van der Waals surface area contributed by atoms with Gasteiger partial charge in [-0.15, -0.1) is 0 Å². The van der Waals surface area contributed by atoms with Crippen LogP contribution in [0.1, 0.15) is 99.0 Å². The molecule has 2 fully saturated rings. The summed E-state index contributed by atoms with van der Waals surface area (Å²) in [6.07, 6.45) is 8.11. The predicted molar refractivity (Wildman–Crippen MR) is 157 cm³/mol. The maximum Gasteiger partial charge on any atom is 0.311 e. The number of benzene rings is 1. The van der Waals surface area contributed by atoms with Gasteiger partial charge in [0.15, 0.2) is 0 Å². The van der Waals surface area contributed by atoms with Gasteiger partial charge in [-0.25, -0.2) is 0 Å². The first kappa shape index (κ1) is 32.1. The molecule has 7 atom stereocenters. The van der Waals surface area contributed by atoms with E-state index in [1.54, 1.807) is 7.11 Å². The van der Waals surface area contributed by atoms with E-state index in [0.717, 1.165) is 31.6 Å². The SMILES string of the molecule is COCO[C@H]1C[C@H]([C@H](C)CCCC(C)C)[C@@]2(C)CC[C@H](OCc3ccccc3)[C@@H](CCOC(=O)C(C)(C)C)[C@H]12. The van der Waals surface area contributed by atoms with Crippen molar-refractivity contribution in [1.82, 2.24) is 0 Å². The topological polar surface area (TPSA) is 54.0 Å². The molecule has 0 radical (unpaired) electrons. The lowest BCUT2D eigenvalue weighted by Crippen LogP contribution is -2.49. The van der Waals surface area contributed by atoms with Crippen LogP contribution in [0, 0.1) is 40.4 Å². The van der Waals surface area contributed by atoms with Gasteiger partial charge >= 0.3 is 5.97 Å². The molecule has 2 saturated carbocycles. The number of hydrogen-bond acceptors (Lipinski definition) is 5. The summed E-state index contributed by atoms with van der Waals surface area (Å²) in [6, 6.07) is 10.4. The first-order valence-corrected chi connectivity index (χ1v) is 15.4. The standard InChI is InChI=1S/C34H56O5/c1-24(2)13-12-14-25(3)28-21-30(39-23-36-8)31-27(18-20-37-32(35)33(4,5)6)29(17-19-34(28,31)7)38-22-26-15-10-9-11-16-26/h9-11,15-16,24-25,27-31H,12-14,17-23H2,1-8H3/t25-,27-,28-,29+,30+,31-,34-/m1/s1. The third-order valence-electron chi connectivity index (χ3n) is 9.53. The first-order valence-electron chi connectivity index (χ1n) is 15.4. The van der Waals surface area contributed by atoms with E-state index in [9.17, 15) is 4.79 Å². The van der Waals surface area contributed by atoms with Crippen molar-refractivity contribution in [2.75, 3.05) is 20.5 Å². The molecule has 1 aromatic carbocycles. The van der Waals surface area contributed by atoms with E-state index in [1.807, 2.05) is 26.8 Å². The second-order valence-corrected chi connectivity index (χ2v) is 14.0. The molecule has 0 aromatic heterocycles. The monoisotopic (exact) mass is 544 g/mol. The van der Waals surface area contributed by atoms with Crippen molar-refractivity contribution in [2.24, 2.45) is 40.4 Å². The van der Waals surface area contributed by atoms with Crippen LogP contribution in [0.25, 0.3) is 0 Å². The second-order valence-electron chi connectivity index (χ2n) is 14.0. The average Bonchev–Trinajstić information content (AvgIpc) is 3.18. The van der Waals surface area contributed by atoms with Crippen LogP contribution >= 0.6 is 0 Å². The maximum absolute atomic E-state index is 12.6. The quantitative estimate of drug-likeness (QED) is 0.175. The third kappa shape index (κ3) is 8.53. The van der Waals surface area contributed by atoms with Crippen LogP contribution < -0.4 is 0 Å². The Labute approximate surface area is 238 Å². The molecule has 5 nitrogen and oxygen atoms in total. The molecule has 0 amide bonds. The Morgan fingerprint density at radius 2 is 1.77 bits per heavy atom. The number of fused-ring (bicyclic) bond motifs is 1. The van der Waals surface area contributed by atoms with E-state index in [2.05, 4.69) is 52.0 Å². The third-order valence-corrected chi connectivity index (χ3v) is 9.53. The summed E-state index contributed by atoms with van der Waals surface area (Å²) < 4.78 is 24.3. The Balaban J connectivity index is 1.83. The fourth-order valence-electron chi connectivity index (χ4n) is 7.47. The number of ether oxygens (including phenoxy) is 4. The molecule has 2 aliphatic rings. The Hall–Kier alpha value is -1.43. The normalized spacial score (nSPS) is 29.8. The largest absolute Gasteiger partial charge is 0.465 e. The molecule has 0 saturated heterocycles. The van der Waals surface area contributed by atoms with E-state index in [1.165, 1.54) is 24.8 Å². The van der Waals surface area contributed by atoms with Gasteiger partial charge in [0.1, 0.15) is 6.79 Å². The highest BCUT2D eigenvalue weighted by Gasteiger charge is 2.59. The molecule has 1 aromatic rings. The Kier molecular flexibility index (Phi) is 11.9. The van der Waals surface area contributed by atoms with Crippen LogP contribution in [-0.2, 0) is 30.3 Å². The average molecular weight is 545 g/mol. The van der Waals surface area contributed by atoms with Crippen molar-refractivity contribution in [3.63, 3.8) is 0 Å². The molecule has 0 N–H and O–H groups in total. The molecule has 0 bridgehead atoms. The molecule has 5 heteroatoms. The van der Waals surface area contributed by atoms with Crippen molar-refractivity contribution in [3.05, 3.63) is 35.9 Å². The van der Waals surface area contributed by atoms with Crippen LogP contribution in [0.4, 0.5) is 0 Å². The van der Waals surface area contributed by atoms with Crippen molar-refractivity contribution < 1.29 is 23.7 Å². The number of hydrogen-bond donors (Lipinski definition) is 0. The maximum atomic E-state index is 12.6. The Morgan fingerprint density at radius 1 is 1.05 bits per heavy atom. The van der Waals surface area contributed by atoms with Crippen molar-refractivity contribution in [2.45, 2.75) is 112 Å². The van der Waals surface area contributed by atoms with Crippen LogP contribution in [0.3, 0.4) is 0 Å². The van der Waals surface area contributed by atoms with Gasteiger partial charge in [-0.3, -0.25) is 4.79 Å². The summed E-state index contributed by atoms with van der Waals surface area (Å²) in [5, 5.41) is 0. The molecule has 2 aliphatic carbocycles. The molecule has 0 aliphatic heterocycles. The lowest BCUT2D eigenvalue weighted by Gasteiger charge is -2.50. The van der Waals surface area contributed by atoms with Crippen molar-refractivity contribution >= 4 is 5.97 Å². The zero-order chi connectivity index (χ0) is 28.6. The smallest absolute Gasteiger partial charge is 0.311 e. The summed E-state index contributed by atoms with van der Waals surface area (Å²) in [6.45, 7) is 16.7. The van der Waals surface area contributed by atoms with Crippen LogP contribution in [-0.4, -0.2) is 38.7 Å². The van der Waals surface area contributed by atoms with E-state index in [4.69, 9.17) is 18.9 Å². The van der Waals surface area contributed by atoms with E-state index >= 15 is 0 Å². The number of carbonyl (C=O) groups is 1. The predicted octanol–water partition coefficient (Wildman–Crippen LogP) is 8.06. The summed E-state index contributed by atoms with van der Waals surface area (Å²) in [4.78, 5) is 12.6. The molecule has 0 heterocycles. The second kappa shape index (κ2) is 14.5. The zero-order valence-electron chi connectivity index (χ0n) is 26.0. The van der Waals surface area contributed by atoms with E-state index in [-0.39, 0.29) is 29.5 Å². The lowest BCUT2D eigenvalue weighted by molar-refractivity contribution is -0.159. The summed E-state index contributed by atoms with van der Waals surface area (Å²) >= 11 is 0. The van der Waals surface area contributed by atoms with Crippen molar-refractivity contribution in [3.8, 4) is 0 Å². The number of methoxy groups -OCH3 is 1. The highest BCUT2D eigenvalue weighted by Crippen LogP contribution is 2.61. The fourth-order valence-corrected chi connectivity index (χ4v) is 7.47. The summed E-state index contributed by atoms with van der Waals surface area (Å²) in [5.41, 5.74) is 0.859. The van der Waals surface area contributed by atoms with E-state index in [0.29, 0.717) is 37.8 Å². The van der Waals surface area contributed by atoms with Gasteiger partial charge in [0, 0.05) is 7.11 Å². The first-order chi connectivity index (χ1) is 18.5. The molecular weight excluding hydrogens is 488 g/mol. The van der Waals surface area contributed by atoms with Gasteiger partial charge < -0.3 is 18.9 Å². The van der Waals surface area contributed by atoms with Crippen molar-refractivity contribution in [1.29, 1.82) is 0 Å². The number of rotatable bonds is 14. The van der Waals surface area contributed by atoms with Gasteiger partial charge in [-0.2, -0.15) is 0 Å². The number of carbonyl (C=O) groups excluding carboxylic acids is 1. The van der Waals surface area contributed by atoms with Crippen LogP contribution in [0.5, 0.6) is 0 Å². The van der Waals surface area contributed by atoms with Gasteiger partial charge in [0.05, 0.1) is 30.8 Å². The molecule has 39 heavy (non-hydrogen) atoms. The zero-order valence-corrected chi connectivity index (χ0v) is 26.0. The fraction of sp³-hybridized carbons (Fsp3) is 0.794. The van der Waals surface area contributed by atoms with E-state index < -0.39 is 5.41 Å². The van der Waals surface area contributed by atoms with Gasteiger partial charge in [-0.1, -0.05) is 77.3 Å². The molecule has 222 valence electrons. The summed E-state index contributed by atoms with van der Waals surface area (Å²) in [5.74, 6) is 2.46. The van der Waals surface area contributed by atoms with Gasteiger partial charge in [0.2, 0.25) is 0 Å². The Bertz CT molecular complexity index is 862. The molecule has 0 unspecified atom stereocenters. The van der Waals surface area contributed by atoms with Crippen LogP contribution in [0.2, 0.25) is 0 Å². The van der Waals surface area contributed by atoms with Gasteiger partial charge in [0.25, 0.3) is 0 Å². The summed E-state index contributed by atoms with van der Waals surface area (Å²) in [7, 11) is 1.70. The molecule has 3 rings (SSSR count). The molecule has 0 spiro atoms. The highest BCUT2D eigenvalue weighted by molar-refractivity contribution is 5.75. The lowest BCUT2D eigenvalue weighted by atomic mass is 9.57. The number of esters is 1. The highest BCUT2D eigenvalue weighted by atomic mass is 16.7. The molecular formula is C34H56O5.